The molecule has 382 valence electrons. The Morgan fingerprint density at radius 3 is 2.34 bits per heavy atom. The minimum atomic E-state index is -1.35. The lowest BCUT2D eigenvalue weighted by molar-refractivity contribution is 0.237. The van der Waals surface area contributed by atoms with Gasteiger partial charge in [0, 0.05) is 74.3 Å². The molecule has 12 aromatic rings. The highest BCUT2D eigenvalue weighted by Crippen LogP contribution is 2.65. The average molecular weight is 1040 g/mol. The summed E-state index contributed by atoms with van der Waals surface area (Å²) in [5.74, 6) is 4.30. The van der Waals surface area contributed by atoms with E-state index < -0.39 is 11.8 Å². The minimum Gasteiger partial charge on any atom is -0.485 e. The van der Waals surface area contributed by atoms with Gasteiger partial charge in [0.15, 0.2) is 11.6 Å². The Bertz CT molecular complexity index is 4590. The maximum absolute atomic E-state index is 7.59. The lowest BCUT2D eigenvalue weighted by Crippen LogP contribution is -2.60. The number of benzene rings is 7. The number of hydrogen-bond acceptors (Lipinski definition) is 9. The summed E-state index contributed by atoms with van der Waals surface area (Å²) in [6.45, 7) is 0.637. The third-order valence-corrected chi connectivity index (χ3v) is 16.7. The van der Waals surface area contributed by atoms with E-state index in [0.29, 0.717) is 36.1 Å². The molecule has 4 aliphatic heterocycles. The first-order valence-electron chi connectivity index (χ1n) is 27.3. The predicted molar refractivity (Wildman–Crippen MR) is 316 cm³/mol. The van der Waals surface area contributed by atoms with Crippen molar-refractivity contribution in [3.8, 4) is 28.3 Å². The van der Waals surface area contributed by atoms with E-state index in [0.717, 1.165) is 130 Å². The fraction of sp³-hybridized carbons (Fsp3) is 0.0870. The zero-order chi connectivity index (χ0) is 52.5. The second-order valence-electron chi connectivity index (χ2n) is 21.1. The third kappa shape index (κ3) is 6.51. The first kappa shape index (κ1) is 44.7. The molecule has 7 aromatic carbocycles. The van der Waals surface area contributed by atoms with E-state index in [2.05, 4.69) is 225 Å². The fourth-order valence-electron chi connectivity index (χ4n) is 13.3. The van der Waals surface area contributed by atoms with Gasteiger partial charge in [-0.1, -0.05) is 133 Å². The lowest BCUT2D eigenvalue weighted by Gasteiger charge is -2.48. The van der Waals surface area contributed by atoms with Crippen molar-refractivity contribution in [1.82, 2.24) is 25.1 Å². The number of nitrogens with one attached hydrogen (secondary N) is 2. The molecule has 11 heteroatoms. The van der Waals surface area contributed by atoms with Crippen LogP contribution in [0.3, 0.4) is 0 Å². The van der Waals surface area contributed by atoms with Crippen molar-refractivity contribution >= 4 is 72.4 Å². The molecular formula is C69H48N8O3. The summed E-state index contributed by atoms with van der Waals surface area (Å²) in [7, 11) is 0. The predicted octanol–water partition coefficient (Wildman–Crippen LogP) is 15.7. The summed E-state index contributed by atoms with van der Waals surface area (Å²) in [5, 5.41) is 17.7. The molecule has 0 spiro atoms. The van der Waals surface area contributed by atoms with Crippen molar-refractivity contribution in [3.05, 3.63) is 269 Å². The second kappa shape index (κ2) is 17.3. The normalized spacial score (nSPS) is 18.0. The number of anilines is 4. The van der Waals surface area contributed by atoms with Crippen LogP contribution in [0.2, 0.25) is 0 Å². The van der Waals surface area contributed by atoms with Gasteiger partial charge in [0.05, 0.1) is 28.1 Å². The Hall–Kier alpha value is -10.4. The monoisotopic (exact) mass is 1040 g/mol. The van der Waals surface area contributed by atoms with Crippen molar-refractivity contribution < 1.29 is 13.9 Å². The molecule has 5 aromatic heterocycles. The molecule has 11 nitrogen and oxygen atoms in total. The number of hydrazine groups is 1. The summed E-state index contributed by atoms with van der Waals surface area (Å²) in [5.41, 5.74) is 13.5. The van der Waals surface area contributed by atoms with Crippen LogP contribution in [0.4, 0.5) is 23.0 Å². The topological polar surface area (TPSA) is 112 Å². The minimum absolute atomic E-state index is 0.555. The quantitative estimate of drug-likeness (QED) is 0.154. The molecule has 0 fully saturated rings. The highest BCUT2D eigenvalue weighted by atomic mass is 16.5. The van der Waals surface area contributed by atoms with E-state index in [9.17, 15) is 0 Å². The number of allylic oxidation sites excluding steroid dienone is 6. The molecule has 1 aliphatic carbocycles. The van der Waals surface area contributed by atoms with Gasteiger partial charge < -0.3 is 23.8 Å². The molecule has 0 saturated carbocycles. The number of pyridine rings is 2. The highest BCUT2D eigenvalue weighted by Gasteiger charge is 2.63. The zero-order valence-electron chi connectivity index (χ0n) is 43.2. The summed E-state index contributed by atoms with van der Waals surface area (Å²) in [6.07, 6.45) is 14.2. The van der Waals surface area contributed by atoms with Crippen molar-refractivity contribution in [1.29, 1.82) is 0 Å². The van der Waals surface area contributed by atoms with Gasteiger partial charge in [-0.2, -0.15) is 5.10 Å². The van der Waals surface area contributed by atoms with Gasteiger partial charge in [-0.15, -0.1) is 0 Å². The Labute approximate surface area is 459 Å². The van der Waals surface area contributed by atoms with Gasteiger partial charge >= 0.3 is 0 Å². The number of rotatable bonds is 8. The Morgan fingerprint density at radius 2 is 1.45 bits per heavy atom. The van der Waals surface area contributed by atoms with Crippen LogP contribution >= 0.6 is 0 Å². The van der Waals surface area contributed by atoms with E-state index in [4.69, 9.17) is 29.0 Å². The summed E-state index contributed by atoms with van der Waals surface area (Å²) < 4.78 is 22.4. The molecule has 0 amide bonds. The lowest BCUT2D eigenvalue weighted by atomic mass is 9.77. The first-order valence-corrected chi connectivity index (χ1v) is 27.3. The maximum Gasteiger partial charge on any atom is 0.204 e. The molecule has 0 radical (unpaired) electrons. The summed E-state index contributed by atoms with van der Waals surface area (Å²) in [6, 6.07) is 65.8. The fourth-order valence-corrected chi connectivity index (χ4v) is 13.3. The second-order valence-corrected chi connectivity index (χ2v) is 21.1. The van der Waals surface area contributed by atoms with Crippen LogP contribution in [0.15, 0.2) is 240 Å². The number of furan rings is 1. The molecule has 9 heterocycles. The van der Waals surface area contributed by atoms with E-state index in [1.165, 1.54) is 5.56 Å². The molecule has 0 saturated heterocycles. The Morgan fingerprint density at radius 1 is 0.650 bits per heavy atom. The number of H-pyrrole nitrogens is 2. The zero-order valence-corrected chi connectivity index (χ0v) is 43.2. The molecule has 17 rings (SSSR count). The maximum atomic E-state index is 7.59. The Kier molecular flexibility index (Phi) is 9.67. The molecule has 2 atom stereocenters. The molecule has 2 N–H and O–H groups in total. The standard InChI is InChI=1S/C69H48N8O3/c1-8-24-49-42(17-1)32-34-52(71-49)62-63(58-39-46-21-5-13-29-55(46)79-58)64(59-40-47-22-6-14-30-56(47)80-59)65(57-35-33-44-19-4-12-28-54(44)78-57)66-67(62)76(61-31-15-16-37-70-61)77(68-48-23-7-10-26-51(48)73-74-68)69(66,60-41-45-20-2-9-25-50(45)72-60)75-38-36-43-18-3-11-27-53(43)75/h1-18,20-35,37,39,41,59,72H,19,36,38,40H2,(H,73,74). The number of fused-ring (bicyclic) bond motifs is 8. The van der Waals surface area contributed by atoms with Crippen LogP contribution in [-0.2, 0) is 23.2 Å². The number of hydrogen-bond donors (Lipinski definition) is 2. The van der Waals surface area contributed by atoms with Crippen LogP contribution in [-0.4, -0.2) is 31.7 Å². The number of aromatic amines is 2. The van der Waals surface area contributed by atoms with Gasteiger partial charge in [0.1, 0.15) is 34.7 Å². The largest absolute Gasteiger partial charge is 0.485 e. The molecule has 80 heavy (non-hydrogen) atoms. The van der Waals surface area contributed by atoms with Gasteiger partial charge in [-0.25, -0.2) is 20.0 Å². The van der Waals surface area contributed by atoms with E-state index in [1.54, 1.807) is 0 Å². The molecule has 5 aliphatic rings. The SMILES string of the molecule is C1=CCC2=CC=C(c3c(C4Cc5ccccc5O4)c(-c4cc5ccccc5o4)c(-c4ccc5ccccc5n4)c4c3C(c3cc5ccccc5[nH]3)(N3CCc5ccccc53)N(c3n[nH]c5ccccc35)N4c3ccccn3)OC2=C1. The van der Waals surface area contributed by atoms with Gasteiger partial charge in [-0.05, 0) is 120 Å². The van der Waals surface area contributed by atoms with Crippen molar-refractivity contribution in [2.45, 2.75) is 31.0 Å². The van der Waals surface area contributed by atoms with Crippen molar-refractivity contribution in [3.63, 3.8) is 0 Å². The Balaban J connectivity index is 1.16. The number of nitrogens with zero attached hydrogens (tertiary/aromatic N) is 6. The van der Waals surface area contributed by atoms with Gasteiger partial charge in [0.2, 0.25) is 5.66 Å². The smallest absolute Gasteiger partial charge is 0.204 e. The van der Waals surface area contributed by atoms with Crippen LogP contribution in [0.5, 0.6) is 5.75 Å². The average Bonchev–Trinajstić information content (AvgIpc) is 4.58. The van der Waals surface area contributed by atoms with Crippen LogP contribution < -0.4 is 19.7 Å². The number of ether oxygens (including phenoxy) is 2. The van der Waals surface area contributed by atoms with Crippen LogP contribution in [0, 0.1) is 0 Å². The van der Waals surface area contributed by atoms with Crippen molar-refractivity contribution in [2.24, 2.45) is 0 Å². The van der Waals surface area contributed by atoms with Gasteiger partial charge in [0.25, 0.3) is 0 Å². The highest BCUT2D eigenvalue weighted by molar-refractivity contribution is 6.07. The summed E-state index contributed by atoms with van der Waals surface area (Å²) in [4.78, 5) is 17.9. The van der Waals surface area contributed by atoms with Gasteiger partial charge in [-0.3, -0.25) is 5.10 Å². The molecule has 0 bridgehead atoms. The molecule has 2 unspecified atom stereocenters. The van der Waals surface area contributed by atoms with E-state index in [1.807, 2.05) is 24.4 Å². The summed E-state index contributed by atoms with van der Waals surface area (Å²) >= 11 is 0. The van der Waals surface area contributed by atoms with Crippen LogP contribution in [0.25, 0.3) is 72.0 Å². The third-order valence-electron chi connectivity index (χ3n) is 16.7. The van der Waals surface area contributed by atoms with Crippen LogP contribution in [0.1, 0.15) is 46.0 Å². The van der Waals surface area contributed by atoms with Crippen molar-refractivity contribution in [2.75, 3.05) is 21.5 Å². The molecular weight excluding hydrogens is 989 g/mol. The first-order chi connectivity index (χ1) is 39.7. The number of para-hydroxylation sites is 6. The van der Waals surface area contributed by atoms with E-state index in [-0.39, 0.29) is 0 Å². The van der Waals surface area contributed by atoms with E-state index >= 15 is 0 Å². The number of aromatic nitrogens is 5.